The van der Waals surface area contributed by atoms with Crippen LogP contribution >= 0.6 is 24.0 Å². The number of hydrogen-bond donors (Lipinski definition) is 2. The van der Waals surface area contributed by atoms with E-state index in [0.717, 1.165) is 18.5 Å². The predicted molar refractivity (Wildman–Crippen MR) is 106 cm³/mol. The summed E-state index contributed by atoms with van der Waals surface area (Å²) in [4.78, 5) is 43.6. The van der Waals surface area contributed by atoms with Gasteiger partial charge in [0.25, 0.3) is 0 Å². The molecule has 2 heterocycles. The fourth-order valence-electron chi connectivity index (χ4n) is 2.76. The largest absolute Gasteiger partial charge is 0.340 e. The van der Waals surface area contributed by atoms with Gasteiger partial charge in [-0.3, -0.25) is 19.3 Å². The SMILES string of the molecule is Cc1csc(NC(=O)CN2CCN(C(=O)CCCCC(=O)CS)CC2)n1. The maximum atomic E-state index is 12.2. The second-order valence-corrected chi connectivity index (χ2v) is 7.58. The maximum absolute atomic E-state index is 12.2. The summed E-state index contributed by atoms with van der Waals surface area (Å²) in [7, 11) is 0. The van der Waals surface area contributed by atoms with Crippen LogP contribution in [0.25, 0.3) is 0 Å². The molecule has 26 heavy (non-hydrogen) atoms. The number of hydrogen-bond acceptors (Lipinski definition) is 7. The summed E-state index contributed by atoms with van der Waals surface area (Å²) in [6, 6.07) is 0. The lowest BCUT2D eigenvalue weighted by Gasteiger charge is -2.34. The Bertz CT molecular complexity index is 627. The average Bonchev–Trinajstić information content (AvgIpc) is 3.03. The number of aryl methyl sites for hydroxylation is 1. The van der Waals surface area contributed by atoms with E-state index < -0.39 is 0 Å². The van der Waals surface area contributed by atoms with Crippen molar-refractivity contribution in [2.75, 3.05) is 43.8 Å². The normalized spacial score (nSPS) is 15.1. The molecule has 7 nitrogen and oxygen atoms in total. The number of Topliss-reactive ketones (excluding diaryl/α,β-unsaturated/α-hetero) is 1. The lowest BCUT2D eigenvalue weighted by atomic mass is 10.1. The van der Waals surface area contributed by atoms with Crippen LogP contribution in [0, 0.1) is 6.92 Å². The molecule has 1 aromatic rings. The van der Waals surface area contributed by atoms with E-state index in [9.17, 15) is 14.4 Å². The molecule has 1 saturated heterocycles. The molecule has 1 aliphatic heterocycles. The number of nitrogens with one attached hydrogen (secondary N) is 1. The molecule has 0 radical (unpaired) electrons. The third-order valence-electron chi connectivity index (χ3n) is 4.23. The van der Waals surface area contributed by atoms with Gasteiger partial charge in [-0.05, 0) is 19.8 Å². The highest BCUT2D eigenvalue weighted by molar-refractivity contribution is 7.81. The van der Waals surface area contributed by atoms with Crippen LogP contribution in [0.15, 0.2) is 5.38 Å². The highest BCUT2D eigenvalue weighted by Crippen LogP contribution is 2.14. The van der Waals surface area contributed by atoms with Crippen LogP contribution in [-0.4, -0.2) is 70.9 Å². The van der Waals surface area contributed by atoms with E-state index in [4.69, 9.17) is 0 Å². The summed E-state index contributed by atoms with van der Waals surface area (Å²) >= 11 is 5.36. The van der Waals surface area contributed by atoms with Gasteiger partial charge in [-0.15, -0.1) is 11.3 Å². The smallest absolute Gasteiger partial charge is 0.240 e. The zero-order valence-electron chi connectivity index (χ0n) is 15.1. The molecule has 0 saturated carbocycles. The van der Waals surface area contributed by atoms with Crippen molar-refractivity contribution in [3.8, 4) is 0 Å². The summed E-state index contributed by atoms with van der Waals surface area (Å²) in [5, 5.41) is 5.33. The number of piperazine rings is 1. The molecule has 1 N–H and O–H groups in total. The van der Waals surface area contributed by atoms with Crippen molar-refractivity contribution in [2.45, 2.75) is 32.6 Å². The monoisotopic (exact) mass is 398 g/mol. The molecular weight excluding hydrogens is 372 g/mol. The third-order valence-corrected chi connectivity index (χ3v) is 5.46. The van der Waals surface area contributed by atoms with Gasteiger partial charge in [0, 0.05) is 50.2 Å². The number of unbranched alkanes of at least 4 members (excludes halogenated alkanes) is 1. The van der Waals surface area contributed by atoms with Crippen LogP contribution in [0.2, 0.25) is 0 Å². The molecule has 1 aromatic heterocycles. The van der Waals surface area contributed by atoms with Gasteiger partial charge >= 0.3 is 0 Å². The van der Waals surface area contributed by atoms with Crippen LogP contribution < -0.4 is 5.32 Å². The first-order valence-electron chi connectivity index (χ1n) is 8.82. The number of carbonyl (C=O) groups is 3. The molecule has 1 fully saturated rings. The standard InChI is InChI=1S/C17H26N4O3S2/c1-13-12-26-17(18-13)19-15(23)10-20-6-8-21(9-7-20)16(24)5-3-2-4-14(22)11-25/h12,25H,2-11H2,1H3,(H,18,19,23). The molecule has 0 atom stereocenters. The first kappa shape index (κ1) is 20.9. The zero-order valence-corrected chi connectivity index (χ0v) is 16.8. The van der Waals surface area contributed by atoms with E-state index in [2.05, 4.69) is 22.9 Å². The van der Waals surface area contributed by atoms with Crippen LogP contribution in [0.5, 0.6) is 0 Å². The number of anilines is 1. The van der Waals surface area contributed by atoms with E-state index in [0.29, 0.717) is 50.7 Å². The summed E-state index contributed by atoms with van der Waals surface area (Å²) in [5.41, 5.74) is 0.896. The highest BCUT2D eigenvalue weighted by atomic mass is 32.1. The summed E-state index contributed by atoms with van der Waals surface area (Å²) in [5.74, 6) is 0.449. The quantitative estimate of drug-likeness (QED) is 0.488. The van der Waals surface area contributed by atoms with Crippen molar-refractivity contribution in [2.24, 2.45) is 0 Å². The van der Waals surface area contributed by atoms with Gasteiger partial charge in [0.05, 0.1) is 12.2 Å². The Balaban J connectivity index is 1.62. The van der Waals surface area contributed by atoms with Crippen molar-refractivity contribution < 1.29 is 14.4 Å². The fourth-order valence-corrected chi connectivity index (χ4v) is 3.63. The first-order chi connectivity index (χ1) is 12.5. The number of amides is 2. The van der Waals surface area contributed by atoms with Gasteiger partial charge in [0.1, 0.15) is 5.78 Å². The Morgan fingerprint density at radius 2 is 1.88 bits per heavy atom. The minimum absolute atomic E-state index is 0.0759. The van der Waals surface area contributed by atoms with Gasteiger partial charge in [-0.2, -0.15) is 12.6 Å². The van der Waals surface area contributed by atoms with Crippen molar-refractivity contribution >= 4 is 46.7 Å². The summed E-state index contributed by atoms with van der Waals surface area (Å²) in [6.45, 7) is 4.85. The van der Waals surface area contributed by atoms with E-state index >= 15 is 0 Å². The second-order valence-electron chi connectivity index (χ2n) is 6.40. The summed E-state index contributed by atoms with van der Waals surface area (Å²) < 4.78 is 0. The van der Waals surface area contributed by atoms with Gasteiger partial charge < -0.3 is 10.2 Å². The Morgan fingerprint density at radius 3 is 2.50 bits per heavy atom. The molecule has 0 aliphatic carbocycles. The van der Waals surface area contributed by atoms with E-state index in [-0.39, 0.29) is 23.4 Å². The van der Waals surface area contributed by atoms with Gasteiger partial charge in [0.15, 0.2) is 5.13 Å². The molecule has 0 aromatic carbocycles. The van der Waals surface area contributed by atoms with Gasteiger partial charge in [-0.25, -0.2) is 4.98 Å². The topological polar surface area (TPSA) is 82.6 Å². The first-order valence-corrected chi connectivity index (χ1v) is 10.3. The molecule has 9 heteroatoms. The fraction of sp³-hybridized carbons (Fsp3) is 0.647. The molecule has 0 bridgehead atoms. The molecular formula is C17H26N4O3S2. The highest BCUT2D eigenvalue weighted by Gasteiger charge is 2.22. The Hall–Kier alpha value is -1.45. The van der Waals surface area contributed by atoms with Crippen molar-refractivity contribution in [3.05, 3.63) is 11.1 Å². The Morgan fingerprint density at radius 1 is 1.19 bits per heavy atom. The number of thiazole rings is 1. The van der Waals surface area contributed by atoms with Crippen molar-refractivity contribution in [1.82, 2.24) is 14.8 Å². The van der Waals surface area contributed by atoms with Crippen molar-refractivity contribution in [1.29, 1.82) is 0 Å². The molecule has 144 valence electrons. The number of carbonyl (C=O) groups excluding carboxylic acids is 3. The van der Waals surface area contributed by atoms with E-state index in [1.54, 1.807) is 0 Å². The third kappa shape index (κ3) is 7.05. The van der Waals surface area contributed by atoms with Crippen molar-refractivity contribution in [3.63, 3.8) is 0 Å². The minimum atomic E-state index is -0.0759. The van der Waals surface area contributed by atoms with Crippen LogP contribution in [0.3, 0.4) is 0 Å². The van der Waals surface area contributed by atoms with Crippen LogP contribution in [0.4, 0.5) is 5.13 Å². The molecule has 2 rings (SSSR count). The molecule has 0 unspecified atom stereocenters. The zero-order chi connectivity index (χ0) is 18.9. The number of rotatable bonds is 9. The van der Waals surface area contributed by atoms with E-state index in [1.807, 2.05) is 22.1 Å². The lowest BCUT2D eigenvalue weighted by Crippen LogP contribution is -2.50. The number of ketones is 1. The Labute approximate surface area is 163 Å². The molecule has 2 amide bonds. The predicted octanol–water partition coefficient (Wildman–Crippen LogP) is 1.59. The second kappa shape index (κ2) is 10.6. The molecule has 0 spiro atoms. The average molecular weight is 399 g/mol. The van der Waals surface area contributed by atoms with Gasteiger partial charge in [-0.1, -0.05) is 0 Å². The lowest BCUT2D eigenvalue weighted by molar-refractivity contribution is -0.133. The summed E-state index contributed by atoms with van der Waals surface area (Å²) in [6.07, 6.45) is 2.44. The maximum Gasteiger partial charge on any atom is 0.240 e. The Kier molecular flexibility index (Phi) is 8.53. The number of thiol groups is 1. The van der Waals surface area contributed by atoms with Crippen LogP contribution in [0.1, 0.15) is 31.4 Å². The van der Waals surface area contributed by atoms with E-state index in [1.165, 1.54) is 11.3 Å². The minimum Gasteiger partial charge on any atom is -0.340 e. The van der Waals surface area contributed by atoms with Gasteiger partial charge in [0.2, 0.25) is 11.8 Å². The number of nitrogens with zero attached hydrogens (tertiary/aromatic N) is 3. The molecule has 1 aliphatic rings. The number of aromatic nitrogens is 1. The van der Waals surface area contributed by atoms with Crippen LogP contribution in [-0.2, 0) is 14.4 Å².